The summed E-state index contributed by atoms with van der Waals surface area (Å²) in [6.07, 6.45) is 1.68. The molecular weight excluding hydrogens is 246 g/mol. The lowest BCUT2D eigenvalue weighted by molar-refractivity contribution is -0.114. The second-order valence-corrected chi connectivity index (χ2v) is 5.90. The molecule has 3 heteroatoms. The van der Waals surface area contributed by atoms with Crippen LogP contribution in [0.1, 0.15) is 26.3 Å². The van der Waals surface area contributed by atoms with Gasteiger partial charge in [0.25, 0.3) is 0 Å². The highest BCUT2D eigenvalue weighted by Crippen LogP contribution is 2.46. The zero-order chi connectivity index (χ0) is 13.5. The molecule has 1 heterocycles. The van der Waals surface area contributed by atoms with Crippen molar-refractivity contribution in [1.29, 1.82) is 0 Å². The quantitative estimate of drug-likeness (QED) is 0.601. The minimum absolute atomic E-state index is 0.0422. The van der Waals surface area contributed by atoms with E-state index >= 15 is 0 Å². The molecule has 0 spiro atoms. The molecule has 0 saturated carbocycles. The Morgan fingerprint density at radius 2 is 2.00 bits per heavy atom. The lowest BCUT2D eigenvalue weighted by Crippen LogP contribution is -2.25. The Balaban J connectivity index is 2.51. The van der Waals surface area contributed by atoms with Gasteiger partial charge in [-0.15, -0.1) is 11.6 Å². The number of rotatable bonds is 2. The predicted molar refractivity (Wildman–Crippen MR) is 76.3 cm³/mol. The van der Waals surface area contributed by atoms with E-state index in [1.165, 1.54) is 5.56 Å². The summed E-state index contributed by atoms with van der Waals surface area (Å²) in [7, 11) is 1.99. The van der Waals surface area contributed by atoms with Crippen molar-refractivity contribution in [2.75, 3.05) is 11.9 Å². The number of carbonyl (C=O) groups excluding carboxylic acids is 1. The monoisotopic (exact) mass is 263 g/mol. The van der Waals surface area contributed by atoms with Crippen molar-refractivity contribution in [1.82, 2.24) is 0 Å². The number of allylic oxidation sites excluding steroid dienone is 2. The van der Waals surface area contributed by atoms with E-state index in [0.29, 0.717) is 0 Å². The van der Waals surface area contributed by atoms with Gasteiger partial charge in [-0.05, 0) is 18.6 Å². The van der Waals surface area contributed by atoms with E-state index in [9.17, 15) is 4.79 Å². The molecule has 0 aromatic heterocycles. The number of para-hydroxylation sites is 1. The van der Waals surface area contributed by atoms with E-state index in [1.807, 2.05) is 19.2 Å². The third-order valence-electron chi connectivity index (χ3n) is 3.61. The number of hydrogen-bond acceptors (Lipinski definition) is 2. The minimum atomic E-state index is -0.481. The predicted octanol–water partition coefficient (Wildman–Crippen LogP) is 3.49. The fourth-order valence-electron chi connectivity index (χ4n) is 2.51. The van der Waals surface area contributed by atoms with Gasteiger partial charge in [-0.3, -0.25) is 4.79 Å². The Hall–Kier alpha value is -1.28. The molecule has 1 aromatic rings. The van der Waals surface area contributed by atoms with Crippen molar-refractivity contribution in [3.63, 3.8) is 0 Å². The second-order valence-electron chi connectivity index (χ2n) is 5.25. The van der Waals surface area contributed by atoms with Crippen LogP contribution in [-0.4, -0.2) is 18.2 Å². The zero-order valence-electron chi connectivity index (χ0n) is 11.2. The number of carbonyl (C=O) groups is 1. The highest BCUT2D eigenvalue weighted by atomic mass is 35.5. The van der Waals surface area contributed by atoms with E-state index in [4.69, 9.17) is 11.6 Å². The van der Waals surface area contributed by atoms with Crippen LogP contribution in [0.25, 0.3) is 0 Å². The summed E-state index contributed by atoms with van der Waals surface area (Å²) in [6, 6.07) is 8.23. The Kier molecular flexibility index (Phi) is 3.24. The zero-order valence-corrected chi connectivity index (χ0v) is 12.0. The first-order valence-electron chi connectivity index (χ1n) is 6.09. The third kappa shape index (κ3) is 1.95. The van der Waals surface area contributed by atoms with Crippen molar-refractivity contribution in [3.05, 3.63) is 41.6 Å². The molecule has 2 rings (SSSR count). The number of anilines is 1. The van der Waals surface area contributed by atoms with Gasteiger partial charge in [0.05, 0.1) is 5.38 Å². The van der Waals surface area contributed by atoms with Gasteiger partial charge in [-0.2, -0.15) is 0 Å². The maximum atomic E-state index is 11.8. The van der Waals surface area contributed by atoms with Crippen LogP contribution in [-0.2, 0) is 10.2 Å². The summed E-state index contributed by atoms with van der Waals surface area (Å²) in [6.45, 7) is 5.97. The van der Waals surface area contributed by atoms with Crippen molar-refractivity contribution >= 4 is 23.1 Å². The van der Waals surface area contributed by atoms with Crippen LogP contribution in [0.4, 0.5) is 5.69 Å². The molecule has 0 saturated heterocycles. The molecule has 0 radical (unpaired) electrons. The molecule has 0 amide bonds. The molecule has 96 valence electrons. The highest BCUT2D eigenvalue weighted by Gasteiger charge is 2.38. The van der Waals surface area contributed by atoms with E-state index in [2.05, 4.69) is 30.9 Å². The molecule has 1 aliphatic rings. The van der Waals surface area contributed by atoms with Crippen LogP contribution < -0.4 is 4.90 Å². The van der Waals surface area contributed by atoms with Crippen LogP contribution in [0.5, 0.6) is 0 Å². The van der Waals surface area contributed by atoms with E-state index < -0.39 is 5.38 Å². The molecule has 2 nitrogen and oxygen atoms in total. The van der Waals surface area contributed by atoms with Gasteiger partial charge in [0.15, 0.2) is 5.78 Å². The largest absolute Gasteiger partial charge is 0.347 e. The summed E-state index contributed by atoms with van der Waals surface area (Å²) in [4.78, 5) is 13.9. The highest BCUT2D eigenvalue weighted by molar-refractivity contribution is 6.32. The number of halogens is 1. The molecule has 0 bridgehead atoms. The Labute approximate surface area is 113 Å². The van der Waals surface area contributed by atoms with Gasteiger partial charge in [-0.25, -0.2) is 0 Å². The number of benzene rings is 1. The van der Waals surface area contributed by atoms with Gasteiger partial charge in [0.2, 0.25) is 0 Å². The van der Waals surface area contributed by atoms with Crippen LogP contribution >= 0.6 is 11.6 Å². The van der Waals surface area contributed by atoms with Crippen LogP contribution in [0, 0.1) is 0 Å². The second kappa shape index (κ2) is 4.43. The molecular formula is C15H18ClNO. The number of fused-ring (bicyclic) bond motifs is 1. The van der Waals surface area contributed by atoms with Gasteiger partial charge in [-0.1, -0.05) is 32.0 Å². The first-order valence-corrected chi connectivity index (χ1v) is 6.52. The number of likely N-dealkylation sites (N-methyl/N-ethyl adjacent to an activating group) is 1. The van der Waals surface area contributed by atoms with Gasteiger partial charge < -0.3 is 4.90 Å². The summed E-state index contributed by atoms with van der Waals surface area (Å²) in [5, 5.41) is -0.481. The molecule has 1 aliphatic heterocycles. The number of alkyl halides is 1. The van der Waals surface area contributed by atoms with Crippen LogP contribution in [0.15, 0.2) is 36.0 Å². The van der Waals surface area contributed by atoms with Gasteiger partial charge in [0.1, 0.15) is 0 Å². The molecule has 0 N–H and O–H groups in total. The lowest BCUT2D eigenvalue weighted by atomic mass is 9.83. The average molecular weight is 264 g/mol. The summed E-state index contributed by atoms with van der Waals surface area (Å²) < 4.78 is 0. The lowest BCUT2D eigenvalue weighted by Gasteiger charge is -2.24. The Morgan fingerprint density at radius 3 is 2.56 bits per heavy atom. The summed E-state index contributed by atoms with van der Waals surface area (Å²) in [5.41, 5.74) is 3.24. The van der Waals surface area contributed by atoms with E-state index in [1.54, 1.807) is 13.0 Å². The topological polar surface area (TPSA) is 20.3 Å². The Bertz CT molecular complexity index is 517. The van der Waals surface area contributed by atoms with Gasteiger partial charge >= 0.3 is 0 Å². The van der Waals surface area contributed by atoms with Crippen molar-refractivity contribution in [2.45, 2.75) is 31.6 Å². The third-order valence-corrected chi connectivity index (χ3v) is 3.83. The fourth-order valence-corrected chi connectivity index (χ4v) is 2.57. The standard InChI is InChI=1S/C15H18ClNO/c1-10(16)13(18)9-14-15(2,3)11-7-5-6-8-12(11)17(14)4/h5-10H,1-4H3/b14-9-. The minimum Gasteiger partial charge on any atom is -0.347 e. The van der Waals surface area contributed by atoms with Gasteiger partial charge in [0, 0.05) is 29.9 Å². The van der Waals surface area contributed by atoms with Crippen LogP contribution in [0.3, 0.4) is 0 Å². The molecule has 0 fully saturated rings. The molecule has 1 atom stereocenters. The summed E-state index contributed by atoms with van der Waals surface area (Å²) in [5.74, 6) is -0.0422. The van der Waals surface area contributed by atoms with Crippen LogP contribution in [0.2, 0.25) is 0 Å². The molecule has 18 heavy (non-hydrogen) atoms. The SMILES string of the molecule is CC(Cl)C(=O)/C=C1\N(C)c2ccccc2C1(C)C. The number of nitrogens with zero attached hydrogens (tertiary/aromatic N) is 1. The molecule has 1 aromatic carbocycles. The van der Waals surface area contributed by atoms with Crippen molar-refractivity contribution < 1.29 is 4.79 Å². The van der Waals surface area contributed by atoms with Crippen molar-refractivity contribution in [2.24, 2.45) is 0 Å². The maximum absolute atomic E-state index is 11.8. The fraction of sp³-hybridized carbons (Fsp3) is 0.400. The maximum Gasteiger partial charge on any atom is 0.174 e. The van der Waals surface area contributed by atoms with E-state index in [-0.39, 0.29) is 11.2 Å². The van der Waals surface area contributed by atoms with E-state index in [0.717, 1.165) is 11.4 Å². The average Bonchev–Trinajstić information content (AvgIpc) is 2.51. The first kappa shape index (κ1) is 13.2. The number of ketones is 1. The normalized spacial score (nSPS) is 20.9. The molecule has 0 aliphatic carbocycles. The smallest absolute Gasteiger partial charge is 0.174 e. The molecule has 1 unspecified atom stereocenters. The summed E-state index contributed by atoms with van der Waals surface area (Å²) >= 11 is 5.85. The number of hydrogen-bond donors (Lipinski definition) is 0. The Morgan fingerprint density at radius 1 is 1.39 bits per heavy atom. The van der Waals surface area contributed by atoms with Crippen molar-refractivity contribution in [3.8, 4) is 0 Å². The first-order chi connectivity index (χ1) is 8.35.